The van der Waals surface area contributed by atoms with Gasteiger partial charge in [0.25, 0.3) is 0 Å². The van der Waals surface area contributed by atoms with Crippen LogP contribution in [0.25, 0.3) is 0 Å². The molecule has 58 heavy (non-hydrogen) atoms. The topological polar surface area (TPSA) is 232 Å². The lowest BCUT2D eigenvalue weighted by Crippen LogP contribution is -2.62. The summed E-state index contributed by atoms with van der Waals surface area (Å²) in [7, 11) is 3.25. The maximum Gasteiger partial charge on any atom is 0.246 e. The van der Waals surface area contributed by atoms with Crippen LogP contribution < -0.4 is 32.3 Å². The zero-order valence-corrected chi connectivity index (χ0v) is 36.8. The van der Waals surface area contributed by atoms with Crippen LogP contribution in [0, 0.1) is 23.7 Å². The summed E-state index contributed by atoms with van der Waals surface area (Å²) in [5, 5.41) is 13.9. The van der Waals surface area contributed by atoms with Crippen molar-refractivity contribution in [1.82, 2.24) is 41.3 Å². The average molecular weight is 820 g/mol. The molecule has 0 radical (unpaired) electrons. The molecule has 330 valence electrons. The standard InChI is InChI=1S/C41H73N9O8/c1-12-25(7)33(46-37(54)32-17-14-18-49(32)40(57)29(21-24(5)6)43-27(9)51)38(55)45-30(22-42)35(52)47-34(26(8)13-2)41(58)50-19-15-16-31(50)36(53)44-28(20-23(3)4)39(56)48(10)11/h23-26,28-34H,12-22,42H2,1-11H3,(H,43,51)(H,44,53)(H,45,55)(H,46,54)(H,47,52)/t25-,26-,28-,29-,30-,31-,32-,33-,34-/m0/s1. The minimum Gasteiger partial charge on any atom is -0.347 e. The van der Waals surface area contributed by atoms with E-state index < -0.39 is 71.8 Å². The molecule has 2 rings (SSSR count). The van der Waals surface area contributed by atoms with E-state index in [-0.39, 0.29) is 47.9 Å². The Kier molecular flexibility index (Phi) is 20.1. The van der Waals surface area contributed by atoms with E-state index in [1.807, 2.05) is 48.5 Å². The van der Waals surface area contributed by atoms with E-state index in [0.717, 1.165) is 0 Å². The summed E-state index contributed by atoms with van der Waals surface area (Å²) in [4.78, 5) is 112. The van der Waals surface area contributed by atoms with Crippen molar-refractivity contribution in [2.45, 2.75) is 156 Å². The number of amides is 8. The maximum absolute atomic E-state index is 14.2. The van der Waals surface area contributed by atoms with Crippen molar-refractivity contribution in [3.8, 4) is 0 Å². The van der Waals surface area contributed by atoms with Gasteiger partial charge in [0.15, 0.2) is 0 Å². The van der Waals surface area contributed by atoms with E-state index in [9.17, 15) is 38.4 Å². The number of carbonyl (C=O) groups is 8. The number of likely N-dealkylation sites (tertiary alicyclic amines) is 2. The zero-order valence-electron chi connectivity index (χ0n) is 36.8. The van der Waals surface area contributed by atoms with E-state index in [4.69, 9.17) is 5.73 Å². The normalized spacial score (nSPS) is 20.3. The summed E-state index contributed by atoms with van der Waals surface area (Å²) in [6, 6.07) is -6.60. The fraction of sp³-hybridized carbons (Fsp3) is 0.805. The lowest BCUT2D eigenvalue weighted by atomic mass is 9.96. The van der Waals surface area contributed by atoms with Gasteiger partial charge in [-0.3, -0.25) is 38.4 Å². The first-order valence-electron chi connectivity index (χ1n) is 21.2. The van der Waals surface area contributed by atoms with Crippen molar-refractivity contribution in [3.63, 3.8) is 0 Å². The first-order chi connectivity index (χ1) is 27.2. The van der Waals surface area contributed by atoms with Crippen molar-refractivity contribution in [1.29, 1.82) is 0 Å². The largest absolute Gasteiger partial charge is 0.347 e. The fourth-order valence-electron chi connectivity index (χ4n) is 7.58. The summed E-state index contributed by atoms with van der Waals surface area (Å²) in [5.74, 6) is -4.16. The van der Waals surface area contributed by atoms with Crippen LogP contribution in [0.15, 0.2) is 0 Å². The molecular formula is C41H73N9O8. The molecule has 2 saturated heterocycles. The van der Waals surface area contributed by atoms with Gasteiger partial charge < -0.3 is 47.0 Å². The van der Waals surface area contributed by atoms with Crippen LogP contribution in [0.5, 0.6) is 0 Å². The molecule has 2 aliphatic rings. The molecule has 9 atom stereocenters. The van der Waals surface area contributed by atoms with E-state index in [1.165, 1.54) is 21.6 Å². The molecule has 2 aliphatic heterocycles. The Balaban J connectivity index is 2.24. The molecule has 0 aromatic carbocycles. The Hall–Kier alpha value is -4.28. The second-order valence-electron chi connectivity index (χ2n) is 17.2. The Morgan fingerprint density at radius 2 is 1.10 bits per heavy atom. The van der Waals surface area contributed by atoms with Gasteiger partial charge in [-0.2, -0.15) is 0 Å². The number of hydrogen-bond acceptors (Lipinski definition) is 9. The van der Waals surface area contributed by atoms with Gasteiger partial charge in [-0.25, -0.2) is 0 Å². The summed E-state index contributed by atoms with van der Waals surface area (Å²) >= 11 is 0. The second kappa shape index (κ2) is 23.3. The number of likely N-dealkylation sites (N-methyl/N-ethyl adjacent to an activating group) is 1. The average Bonchev–Trinajstić information content (AvgIpc) is 3.86. The molecule has 0 saturated carbocycles. The molecule has 0 spiro atoms. The predicted molar refractivity (Wildman–Crippen MR) is 220 cm³/mol. The molecule has 0 aromatic rings. The van der Waals surface area contributed by atoms with Crippen molar-refractivity contribution in [3.05, 3.63) is 0 Å². The first-order valence-corrected chi connectivity index (χ1v) is 21.2. The zero-order chi connectivity index (χ0) is 44.0. The van der Waals surface area contributed by atoms with Crippen LogP contribution >= 0.6 is 0 Å². The lowest BCUT2D eigenvalue weighted by Gasteiger charge is -2.33. The van der Waals surface area contributed by atoms with Gasteiger partial charge in [-0.05, 0) is 62.2 Å². The SMILES string of the molecule is CC[C@H](C)[C@H](NC(=O)[C@@H]1CCCN1C(=O)[C@H](CC(C)C)NC(C)=O)C(=O)N[C@@H](CN)C(=O)N[C@H](C(=O)N1CCC[C@H]1C(=O)N[C@@H](CC(C)C)C(=O)N(C)C)[C@@H](C)CC. The lowest BCUT2D eigenvalue weighted by molar-refractivity contribution is -0.144. The second-order valence-corrected chi connectivity index (χ2v) is 17.2. The van der Waals surface area contributed by atoms with Crippen molar-refractivity contribution in [2.24, 2.45) is 29.4 Å². The van der Waals surface area contributed by atoms with Gasteiger partial charge in [0.05, 0.1) is 0 Å². The van der Waals surface area contributed by atoms with Crippen LogP contribution in [0.2, 0.25) is 0 Å². The monoisotopic (exact) mass is 820 g/mol. The number of carbonyl (C=O) groups excluding carboxylic acids is 8. The van der Waals surface area contributed by atoms with E-state index in [2.05, 4.69) is 26.6 Å². The molecular weight excluding hydrogens is 747 g/mol. The van der Waals surface area contributed by atoms with Gasteiger partial charge >= 0.3 is 0 Å². The molecule has 8 amide bonds. The van der Waals surface area contributed by atoms with E-state index in [0.29, 0.717) is 64.5 Å². The summed E-state index contributed by atoms with van der Waals surface area (Å²) in [6.45, 7) is 16.8. The van der Waals surface area contributed by atoms with Gasteiger partial charge in [-0.1, -0.05) is 68.2 Å². The molecule has 2 fully saturated rings. The quantitative estimate of drug-likeness (QED) is 0.0953. The molecule has 17 nitrogen and oxygen atoms in total. The molecule has 7 N–H and O–H groups in total. The van der Waals surface area contributed by atoms with Crippen molar-refractivity contribution in [2.75, 3.05) is 33.7 Å². The van der Waals surface area contributed by atoms with Crippen LogP contribution in [0.1, 0.15) is 114 Å². The molecule has 17 heteroatoms. The number of nitrogens with zero attached hydrogens (tertiary/aromatic N) is 3. The van der Waals surface area contributed by atoms with Crippen LogP contribution in [-0.4, -0.2) is 138 Å². The Morgan fingerprint density at radius 1 is 0.621 bits per heavy atom. The van der Waals surface area contributed by atoms with Gasteiger partial charge in [-0.15, -0.1) is 0 Å². The Bertz CT molecular complexity index is 1460. The number of nitrogens with two attached hydrogens (primary N) is 1. The minimum atomic E-state index is -1.26. The summed E-state index contributed by atoms with van der Waals surface area (Å²) in [6.07, 6.45) is 3.76. The Labute approximate surface area is 345 Å². The minimum absolute atomic E-state index is 0.109. The third-order valence-corrected chi connectivity index (χ3v) is 11.3. The first kappa shape index (κ1) is 49.9. The number of rotatable bonds is 21. The highest BCUT2D eigenvalue weighted by atomic mass is 16.2. The molecule has 0 unspecified atom stereocenters. The van der Waals surface area contributed by atoms with Crippen molar-refractivity contribution < 1.29 is 38.4 Å². The molecule has 0 aromatic heterocycles. The summed E-state index contributed by atoms with van der Waals surface area (Å²) in [5.41, 5.74) is 6.03. The van der Waals surface area contributed by atoms with Gasteiger partial charge in [0.2, 0.25) is 47.3 Å². The number of hydrogen-bond donors (Lipinski definition) is 6. The van der Waals surface area contributed by atoms with E-state index in [1.54, 1.807) is 21.0 Å². The van der Waals surface area contributed by atoms with Crippen LogP contribution in [0.4, 0.5) is 0 Å². The van der Waals surface area contributed by atoms with Crippen LogP contribution in [0.3, 0.4) is 0 Å². The highest BCUT2D eigenvalue weighted by molar-refractivity contribution is 5.98. The summed E-state index contributed by atoms with van der Waals surface area (Å²) < 4.78 is 0. The predicted octanol–water partition coefficient (Wildman–Crippen LogP) is 0.644. The third kappa shape index (κ3) is 13.9. The maximum atomic E-state index is 14.2. The molecule has 2 heterocycles. The highest BCUT2D eigenvalue weighted by Gasteiger charge is 2.42. The smallest absolute Gasteiger partial charge is 0.246 e. The fourth-order valence-corrected chi connectivity index (χ4v) is 7.58. The van der Waals surface area contributed by atoms with E-state index >= 15 is 0 Å². The third-order valence-electron chi connectivity index (χ3n) is 11.3. The van der Waals surface area contributed by atoms with Gasteiger partial charge in [0, 0.05) is 40.7 Å². The highest BCUT2D eigenvalue weighted by Crippen LogP contribution is 2.24. The number of nitrogens with one attached hydrogen (secondary N) is 5. The Morgan fingerprint density at radius 3 is 1.57 bits per heavy atom. The van der Waals surface area contributed by atoms with Crippen molar-refractivity contribution >= 4 is 47.3 Å². The molecule has 0 bridgehead atoms. The van der Waals surface area contributed by atoms with Gasteiger partial charge in [0.1, 0.15) is 42.3 Å². The van der Waals surface area contributed by atoms with Crippen LogP contribution in [-0.2, 0) is 38.4 Å². The molecule has 0 aliphatic carbocycles.